The van der Waals surface area contributed by atoms with Gasteiger partial charge in [0.15, 0.2) is 5.82 Å². The van der Waals surface area contributed by atoms with Crippen molar-refractivity contribution in [1.29, 1.82) is 0 Å². The number of hydrogen-bond acceptors (Lipinski definition) is 5. The highest BCUT2D eigenvalue weighted by atomic mass is 16.5. The number of nitrogens with zero attached hydrogens (tertiary/aromatic N) is 3. The van der Waals surface area contributed by atoms with Crippen LogP contribution in [0.2, 0.25) is 0 Å². The Labute approximate surface area is 213 Å². The maximum absolute atomic E-state index is 5.95. The average molecular weight is 482 g/mol. The molecule has 0 aliphatic carbocycles. The Morgan fingerprint density at radius 2 is 1.75 bits per heavy atom. The third-order valence-electron chi connectivity index (χ3n) is 7.64. The lowest BCUT2D eigenvalue weighted by Gasteiger charge is -2.35. The summed E-state index contributed by atoms with van der Waals surface area (Å²) in [6.45, 7) is 9.50. The quantitative estimate of drug-likeness (QED) is 0.327. The van der Waals surface area contributed by atoms with Crippen LogP contribution in [0.3, 0.4) is 0 Å². The van der Waals surface area contributed by atoms with Gasteiger partial charge in [-0.25, -0.2) is 4.98 Å². The van der Waals surface area contributed by atoms with Gasteiger partial charge in [-0.2, -0.15) is 5.10 Å². The van der Waals surface area contributed by atoms with Gasteiger partial charge in [-0.05, 0) is 66.7 Å². The fraction of sp³-hybridized carbons (Fsp3) is 0.367. The topological polar surface area (TPSA) is 75.7 Å². The molecule has 2 atom stereocenters. The summed E-state index contributed by atoms with van der Waals surface area (Å²) in [4.78, 5) is 9.09. The highest BCUT2D eigenvalue weighted by molar-refractivity contribution is 5.56. The minimum absolute atomic E-state index is 0.141. The van der Waals surface area contributed by atoms with Gasteiger partial charge in [0.2, 0.25) is 0 Å². The molecule has 0 radical (unpaired) electrons. The van der Waals surface area contributed by atoms with Gasteiger partial charge >= 0.3 is 0 Å². The number of rotatable bonds is 9. The second-order valence-corrected chi connectivity index (χ2v) is 10.2. The van der Waals surface area contributed by atoms with Gasteiger partial charge in [-0.3, -0.25) is 10.1 Å². The Bertz CT molecular complexity index is 1240. The molecule has 0 amide bonds. The first-order chi connectivity index (χ1) is 17.5. The summed E-state index contributed by atoms with van der Waals surface area (Å²) in [5.41, 5.74) is 4.35. The number of aromatic amines is 1. The van der Waals surface area contributed by atoms with Crippen molar-refractivity contribution in [2.45, 2.75) is 45.6 Å². The van der Waals surface area contributed by atoms with Crippen molar-refractivity contribution >= 4 is 0 Å². The molecule has 1 saturated heterocycles. The van der Waals surface area contributed by atoms with E-state index >= 15 is 0 Å². The van der Waals surface area contributed by atoms with Gasteiger partial charge in [0.05, 0.1) is 5.69 Å². The maximum Gasteiger partial charge on any atom is 0.181 e. The lowest BCUT2D eigenvalue weighted by Crippen LogP contribution is -2.30. The molecule has 0 spiro atoms. The second kappa shape index (κ2) is 10.6. The van der Waals surface area contributed by atoms with Gasteiger partial charge in [0.1, 0.15) is 18.2 Å². The largest absolute Gasteiger partial charge is 0.487 e. The highest BCUT2D eigenvalue weighted by Crippen LogP contribution is 2.40. The molecular weight excluding hydrogens is 446 g/mol. The lowest BCUT2D eigenvalue weighted by atomic mass is 9.68. The predicted molar refractivity (Wildman–Crippen MR) is 143 cm³/mol. The first kappa shape index (κ1) is 24.2. The Balaban J connectivity index is 1.30. The van der Waals surface area contributed by atoms with E-state index in [4.69, 9.17) is 9.72 Å². The van der Waals surface area contributed by atoms with E-state index in [1.165, 1.54) is 17.5 Å². The molecule has 1 aliphatic heterocycles. The van der Waals surface area contributed by atoms with Crippen LogP contribution < -0.4 is 10.1 Å². The summed E-state index contributed by atoms with van der Waals surface area (Å²) in [5.74, 6) is 3.63. The molecule has 1 fully saturated rings. The number of pyridine rings is 1. The Hall–Kier alpha value is -3.51. The molecule has 0 bridgehead atoms. The standard InChI is InChI=1S/C30H35N5O/c1-21(2)30(3,25-11-13-27(14-12-25)36-20-26-6-4-5-16-32-26)24-9-7-23(8-10-24)29-33-28(34-35-29)18-22-15-17-31-19-22/h4-14,16,21-22,31H,15,17-20H2,1-3H3,(H,33,34,35). The Kier molecular flexibility index (Phi) is 7.14. The van der Waals surface area contributed by atoms with Crippen LogP contribution in [0.1, 0.15) is 49.8 Å². The maximum atomic E-state index is 5.95. The van der Waals surface area contributed by atoms with Crippen molar-refractivity contribution < 1.29 is 4.74 Å². The number of H-pyrrole nitrogens is 1. The second-order valence-electron chi connectivity index (χ2n) is 10.2. The van der Waals surface area contributed by atoms with E-state index in [0.717, 1.165) is 48.2 Å². The normalized spacial score (nSPS) is 17.3. The minimum Gasteiger partial charge on any atom is -0.487 e. The van der Waals surface area contributed by atoms with Gasteiger partial charge < -0.3 is 10.1 Å². The summed E-state index contributed by atoms with van der Waals surface area (Å²) in [6.07, 6.45) is 3.94. The first-order valence-electron chi connectivity index (χ1n) is 12.9. The SMILES string of the molecule is CC(C)C(C)(c1ccc(OCc2ccccn2)cc1)c1ccc(-c2n[nH]c(CC3CCNC3)n2)cc1. The van der Waals surface area contributed by atoms with E-state index in [-0.39, 0.29) is 5.41 Å². The molecule has 0 saturated carbocycles. The van der Waals surface area contributed by atoms with Crippen molar-refractivity contribution in [3.63, 3.8) is 0 Å². The van der Waals surface area contributed by atoms with E-state index in [0.29, 0.717) is 18.4 Å². The van der Waals surface area contributed by atoms with Gasteiger partial charge in [-0.15, -0.1) is 0 Å². The fourth-order valence-corrected chi connectivity index (χ4v) is 5.01. The van der Waals surface area contributed by atoms with Crippen LogP contribution in [0, 0.1) is 11.8 Å². The number of hydrogen-bond donors (Lipinski definition) is 2. The molecule has 2 aromatic carbocycles. The molecule has 1 aliphatic rings. The zero-order chi connectivity index (χ0) is 25.0. The molecule has 2 unspecified atom stereocenters. The van der Waals surface area contributed by atoms with Crippen LogP contribution in [0.4, 0.5) is 0 Å². The van der Waals surface area contributed by atoms with Crippen LogP contribution >= 0.6 is 0 Å². The molecule has 6 nitrogen and oxygen atoms in total. The Morgan fingerprint density at radius 1 is 1.00 bits per heavy atom. The summed E-state index contributed by atoms with van der Waals surface area (Å²) < 4.78 is 5.95. The fourth-order valence-electron chi connectivity index (χ4n) is 5.01. The van der Waals surface area contributed by atoms with Gasteiger partial charge in [0.25, 0.3) is 0 Å². The summed E-state index contributed by atoms with van der Waals surface area (Å²) in [7, 11) is 0. The molecule has 5 rings (SSSR count). The van der Waals surface area contributed by atoms with E-state index in [2.05, 4.69) is 89.8 Å². The van der Waals surface area contributed by atoms with Crippen molar-refractivity contribution in [3.8, 4) is 17.1 Å². The van der Waals surface area contributed by atoms with Crippen LogP contribution in [0.25, 0.3) is 11.4 Å². The van der Waals surface area contributed by atoms with Crippen LogP contribution in [0.5, 0.6) is 5.75 Å². The first-order valence-corrected chi connectivity index (χ1v) is 12.9. The van der Waals surface area contributed by atoms with Crippen molar-refractivity contribution in [2.24, 2.45) is 11.8 Å². The van der Waals surface area contributed by atoms with E-state index in [1.54, 1.807) is 6.20 Å². The number of benzene rings is 2. The summed E-state index contributed by atoms with van der Waals surface area (Å²) >= 11 is 0. The van der Waals surface area contributed by atoms with Gasteiger partial charge in [0, 0.05) is 23.6 Å². The number of ether oxygens (including phenoxy) is 1. The molecule has 186 valence electrons. The smallest absolute Gasteiger partial charge is 0.181 e. The van der Waals surface area contributed by atoms with Crippen LogP contribution in [0.15, 0.2) is 72.9 Å². The third kappa shape index (κ3) is 5.19. The molecular formula is C30H35N5O. The predicted octanol–water partition coefficient (Wildman–Crippen LogP) is 5.56. The monoisotopic (exact) mass is 481 g/mol. The molecule has 6 heteroatoms. The van der Waals surface area contributed by atoms with Crippen molar-refractivity contribution in [2.75, 3.05) is 13.1 Å². The van der Waals surface area contributed by atoms with Crippen LogP contribution in [-0.4, -0.2) is 33.3 Å². The van der Waals surface area contributed by atoms with E-state index in [1.807, 2.05) is 18.2 Å². The van der Waals surface area contributed by atoms with Crippen molar-refractivity contribution in [1.82, 2.24) is 25.5 Å². The van der Waals surface area contributed by atoms with Gasteiger partial charge in [-0.1, -0.05) is 63.2 Å². The molecule has 4 aromatic rings. The van der Waals surface area contributed by atoms with E-state index in [9.17, 15) is 0 Å². The van der Waals surface area contributed by atoms with Crippen molar-refractivity contribution in [3.05, 3.63) is 95.6 Å². The molecule has 36 heavy (non-hydrogen) atoms. The zero-order valence-electron chi connectivity index (χ0n) is 21.4. The summed E-state index contributed by atoms with van der Waals surface area (Å²) in [5, 5.41) is 11.0. The minimum atomic E-state index is -0.141. The Morgan fingerprint density at radius 3 is 2.39 bits per heavy atom. The molecule has 3 heterocycles. The third-order valence-corrected chi connectivity index (χ3v) is 7.64. The molecule has 2 N–H and O–H groups in total. The van der Waals surface area contributed by atoms with Crippen LogP contribution in [-0.2, 0) is 18.4 Å². The molecule has 2 aromatic heterocycles. The highest BCUT2D eigenvalue weighted by Gasteiger charge is 2.32. The number of nitrogens with one attached hydrogen (secondary N) is 2. The van der Waals surface area contributed by atoms with E-state index < -0.39 is 0 Å². The lowest BCUT2D eigenvalue weighted by molar-refractivity contribution is 0.301. The zero-order valence-corrected chi connectivity index (χ0v) is 21.4. The average Bonchev–Trinajstić information content (AvgIpc) is 3.61. The summed E-state index contributed by atoms with van der Waals surface area (Å²) in [6, 6.07) is 23.1. The number of aromatic nitrogens is 4.